The topological polar surface area (TPSA) is 270 Å². The number of rotatable bonds is 8. The number of aliphatic hydroxyl groups excluding tert-OH is 1. The summed E-state index contributed by atoms with van der Waals surface area (Å²) < 4.78 is 49.4. The molecule has 31 heavy (non-hydrogen) atoms. The molecule has 3 heterocycles. The molecule has 1 saturated heterocycles. The number of fused-ring (bicyclic) bond motifs is 1. The van der Waals surface area contributed by atoms with Gasteiger partial charge in [-0.05, 0) is 0 Å². The molecule has 17 nitrogen and oxygen atoms in total. The molecular weight excluding hydrogens is 487 g/mol. The lowest BCUT2D eigenvalue weighted by Crippen LogP contribution is -2.26. The number of hydrogen-bond acceptors (Lipinski definition) is 11. The highest BCUT2D eigenvalue weighted by Gasteiger charge is 2.41. The zero-order chi connectivity index (χ0) is 23.2. The number of phosphoric acid groups is 1. The van der Waals surface area contributed by atoms with Crippen molar-refractivity contribution in [3.63, 3.8) is 0 Å². The van der Waals surface area contributed by atoms with Crippen LogP contribution < -0.4 is 11.3 Å². The third-order valence-corrected chi connectivity index (χ3v) is 9.28. The third kappa shape index (κ3) is 6.06. The van der Waals surface area contributed by atoms with Crippen molar-refractivity contribution in [3.05, 3.63) is 16.7 Å². The normalized spacial score (nSPS) is 26.0. The Kier molecular flexibility index (Phi) is 6.60. The minimum Gasteiger partial charge on any atom is -0.390 e. The molecule has 2 aromatic rings. The van der Waals surface area contributed by atoms with Gasteiger partial charge < -0.3 is 39.7 Å². The fraction of sp³-hybridized carbons (Fsp3) is 0.545. The monoisotopic (exact) mass is 505 g/mol. The minimum absolute atomic E-state index is 0.0318. The predicted octanol–water partition coefficient (Wildman–Crippen LogP) is -1.20. The van der Waals surface area contributed by atoms with Crippen LogP contribution in [0.1, 0.15) is 12.6 Å². The highest BCUT2D eigenvalue weighted by atomic mass is 31.3. The van der Waals surface area contributed by atoms with E-state index in [0.29, 0.717) is 0 Å². The van der Waals surface area contributed by atoms with Gasteiger partial charge in [-0.15, -0.1) is 0 Å². The van der Waals surface area contributed by atoms with E-state index < -0.39 is 59.5 Å². The second-order valence-corrected chi connectivity index (χ2v) is 12.1. The number of aliphatic hydroxyl groups is 1. The molecule has 5 atom stereocenters. The lowest BCUT2D eigenvalue weighted by molar-refractivity contribution is -0.0395. The maximum atomic E-state index is 12.0. The molecule has 0 bridgehead atoms. The average Bonchev–Trinajstić information content (AvgIpc) is 3.13. The van der Waals surface area contributed by atoms with Crippen LogP contribution in [-0.2, 0) is 27.3 Å². The summed E-state index contributed by atoms with van der Waals surface area (Å²) in [6.45, 7) is -0.718. The number of imidazole rings is 1. The van der Waals surface area contributed by atoms with Crippen LogP contribution in [-0.4, -0.2) is 68.9 Å². The smallest absolute Gasteiger partial charge is 0.390 e. The summed E-state index contributed by atoms with van der Waals surface area (Å²) in [5.74, 6) is -1.78. The van der Waals surface area contributed by atoms with Gasteiger partial charge in [0.2, 0.25) is 5.95 Å². The zero-order valence-corrected chi connectivity index (χ0v) is 18.0. The summed E-state index contributed by atoms with van der Waals surface area (Å²) in [5, 5.41) is 10.2. The van der Waals surface area contributed by atoms with Crippen molar-refractivity contribution in [2.24, 2.45) is 0 Å². The van der Waals surface area contributed by atoms with Crippen LogP contribution in [0.5, 0.6) is 0 Å². The molecule has 0 amide bonds. The Hall–Kier alpha value is -1.48. The number of H-pyrrole nitrogens is 1. The fourth-order valence-electron chi connectivity index (χ4n) is 2.84. The molecule has 1 fully saturated rings. The molecule has 0 aliphatic carbocycles. The van der Waals surface area contributed by atoms with E-state index in [2.05, 4.69) is 23.8 Å². The second-order valence-electron chi connectivity index (χ2n) is 6.49. The average molecular weight is 505 g/mol. The van der Waals surface area contributed by atoms with Crippen LogP contribution in [0.25, 0.3) is 11.2 Å². The van der Waals surface area contributed by atoms with Crippen molar-refractivity contribution in [1.29, 1.82) is 0 Å². The van der Waals surface area contributed by atoms with Crippen molar-refractivity contribution in [1.82, 2.24) is 19.5 Å². The fourth-order valence-corrected chi connectivity index (χ4v) is 7.35. The number of nitrogen functional groups attached to an aromatic ring is 1. The first-order valence-electron chi connectivity index (χ1n) is 8.27. The predicted molar refractivity (Wildman–Crippen MR) is 101 cm³/mol. The van der Waals surface area contributed by atoms with Gasteiger partial charge in [-0.2, -0.15) is 4.98 Å². The Labute approximate surface area is 172 Å². The van der Waals surface area contributed by atoms with Gasteiger partial charge in [0, 0.05) is 6.42 Å². The van der Waals surface area contributed by atoms with Gasteiger partial charge in [0.15, 0.2) is 17.1 Å². The van der Waals surface area contributed by atoms with Crippen molar-refractivity contribution in [3.8, 4) is 0 Å². The van der Waals surface area contributed by atoms with Crippen molar-refractivity contribution >= 4 is 40.1 Å². The molecule has 3 rings (SSSR count). The van der Waals surface area contributed by atoms with E-state index in [0.717, 1.165) is 0 Å². The molecule has 2 aromatic heterocycles. The van der Waals surface area contributed by atoms with Crippen LogP contribution in [0.3, 0.4) is 0 Å². The van der Waals surface area contributed by atoms with E-state index in [9.17, 15) is 33.4 Å². The first-order valence-corrected chi connectivity index (χ1v) is 13.3. The molecule has 8 N–H and O–H groups in total. The van der Waals surface area contributed by atoms with Crippen molar-refractivity contribution < 1.29 is 51.9 Å². The number of nitrogens with zero attached hydrogens (tertiary/aromatic N) is 3. The number of aromatic nitrogens is 4. The summed E-state index contributed by atoms with van der Waals surface area (Å²) >= 11 is 0. The molecule has 2 unspecified atom stereocenters. The third-order valence-electron chi connectivity index (χ3n) is 4.00. The van der Waals surface area contributed by atoms with Crippen molar-refractivity contribution in [2.75, 3.05) is 18.2 Å². The number of ether oxygens (including phenoxy) is 1. The highest BCUT2D eigenvalue weighted by molar-refractivity contribution is 7.74. The Morgan fingerprint density at radius 2 is 1.94 bits per heavy atom. The van der Waals surface area contributed by atoms with Gasteiger partial charge in [0.25, 0.3) is 5.56 Å². The van der Waals surface area contributed by atoms with Crippen molar-refractivity contribution in [2.45, 2.75) is 24.9 Å². The first-order chi connectivity index (χ1) is 14.2. The van der Waals surface area contributed by atoms with Gasteiger partial charge >= 0.3 is 23.0 Å². The van der Waals surface area contributed by atoms with E-state index in [4.69, 9.17) is 20.3 Å². The number of anilines is 1. The van der Waals surface area contributed by atoms with Crippen LogP contribution in [0.2, 0.25) is 0 Å². The van der Waals surface area contributed by atoms with Gasteiger partial charge in [-0.25, -0.2) is 13.9 Å². The van der Waals surface area contributed by atoms with Crippen LogP contribution in [0, 0.1) is 0 Å². The molecule has 1 aliphatic rings. The molecule has 0 radical (unpaired) electrons. The first kappa shape index (κ1) is 24.2. The Morgan fingerprint density at radius 1 is 1.26 bits per heavy atom. The van der Waals surface area contributed by atoms with E-state index in [1.54, 1.807) is 0 Å². The van der Waals surface area contributed by atoms with Gasteiger partial charge in [0.1, 0.15) is 12.3 Å². The Balaban J connectivity index is 1.67. The molecule has 0 saturated carbocycles. The van der Waals surface area contributed by atoms with Gasteiger partial charge in [0.05, 0.1) is 19.0 Å². The summed E-state index contributed by atoms with van der Waals surface area (Å²) in [5.41, 5.74) is 4.96. The maximum Gasteiger partial charge on any atom is 0.476 e. The number of nitrogens with one attached hydrogen (secondary N) is 1. The van der Waals surface area contributed by atoms with Crippen LogP contribution in [0.4, 0.5) is 5.95 Å². The number of aromatic amines is 1. The lowest BCUT2D eigenvalue weighted by Gasteiger charge is -2.20. The Morgan fingerprint density at radius 3 is 2.58 bits per heavy atom. The molecule has 1 aliphatic heterocycles. The van der Waals surface area contributed by atoms with Crippen LogP contribution >= 0.6 is 23.0 Å². The second kappa shape index (κ2) is 8.46. The number of nitrogens with two attached hydrogens (primary N) is 1. The van der Waals surface area contributed by atoms with Crippen LogP contribution in [0.15, 0.2) is 11.1 Å². The quantitative estimate of drug-likeness (QED) is 0.208. The summed E-state index contributed by atoms with van der Waals surface area (Å²) in [4.78, 5) is 58.1. The summed E-state index contributed by atoms with van der Waals surface area (Å²) in [6.07, 6.45) is -2.12. The number of hydrogen-bond donors (Lipinski definition) is 7. The SMILES string of the molecule is Nc1nc2c(ncn2[C@H]2C[C@H](O)[C@@H](COP(=O)(O)CP(=O)(O)OP(=O)(O)O)O2)c(=O)[nH]1. The highest BCUT2D eigenvalue weighted by Crippen LogP contribution is 2.64. The molecule has 174 valence electrons. The zero-order valence-electron chi connectivity index (χ0n) is 15.3. The Bertz CT molecular complexity index is 1170. The van der Waals surface area contributed by atoms with E-state index >= 15 is 0 Å². The van der Waals surface area contributed by atoms with E-state index in [-0.39, 0.29) is 23.5 Å². The van der Waals surface area contributed by atoms with Gasteiger partial charge in [-0.3, -0.25) is 23.5 Å². The molecule has 0 aromatic carbocycles. The van der Waals surface area contributed by atoms with Gasteiger partial charge in [-0.1, -0.05) is 0 Å². The summed E-state index contributed by atoms with van der Waals surface area (Å²) in [7, 11) is -15.4. The van der Waals surface area contributed by atoms with E-state index in [1.807, 2.05) is 0 Å². The molecular formula is C11H18N5O12P3. The molecule has 20 heteroatoms. The maximum absolute atomic E-state index is 12.0. The molecule has 0 spiro atoms. The minimum atomic E-state index is -5.40. The van der Waals surface area contributed by atoms with E-state index in [1.165, 1.54) is 10.9 Å². The lowest BCUT2D eigenvalue weighted by atomic mass is 10.2. The standard InChI is InChI=1S/C11H18N5O12P3/c12-11-14-9-8(10(18)15-11)13-3-16(9)7-1-5(17)6(27-7)2-26-29(19,20)4-30(21,22)28-31(23,24)25/h3,5-7,17H,1-2,4H2,(H,19,20)(H,21,22)(H2,23,24,25)(H3,12,14,15,18)/t5-,6+,7+/m0/s1. The largest absolute Gasteiger partial charge is 0.476 e. The summed E-state index contributed by atoms with van der Waals surface area (Å²) in [6, 6.07) is 0.